The first kappa shape index (κ1) is 23.6. The van der Waals surface area contributed by atoms with Crippen LogP contribution in [-0.4, -0.2) is 45.6 Å². The Kier molecular flexibility index (Phi) is 7.20. The van der Waals surface area contributed by atoms with Crippen LogP contribution in [0.2, 0.25) is 0 Å². The monoisotopic (exact) mass is 490 g/mol. The number of hydrogen-bond donors (Lipinski definition) is 1. The number of benzene rings is 2. The van der Waals surface area contributed by atoms with Crippen molar-refractivity contribution in [3.63, 3.8) is 0 Å². The van der Waals surface area contributed by atoms with E-state index in [0.717, 1.165) is 16.8 Å². The van der Waals surface area contributed by atoms with E-state index in [0.29, 0.717) is 51.3 Å². The van der Waals surface area contributed by atoms with Crippen LogP contribution in [-0.2, 0) is 29.2 Å². The predicted octanol–water partition coefficient (Wildman–Crippen LogP) is 4.05. The maximum absolute atomic E-state index is 13.2. The molecule has 1 atom stereocenters. The molecule has 182 valence electrons. The maximum Gasteiger partial charge on any atom is 0.274 e. The van der Waals surface area contributed by atoms with Gasteiger partial charge < -0.3 is 19.5 Å². The minimum absolute atomic E-state index is 0.0430. The quantitative estimate of drug-likeness (QED) is 0.528. The van der Waals surface area contributed by atoms with Gasteiger partial charge in [-0.1, -0.05) is 42.5 Å². The Morgan fingerprint density at radius 2 is 1.83 bits per heavy atom. The number of hydrogen-bond acceptors (Lipinski definition) is 5. The van der Waals surface area contributed by atoms with E-state index >= 15 is 0 Å². The summed E-state index contributed by atoms with van der Waals surface area (Å²) in [7, 11) is 0. The maximum atomic E-state index is 13.2. The van der Waals surface area contributed by atoms with Gasteiger partial charge in [-0.05, 0) is 42.4 Å². The average Bonchev–Trinajstić information content (AvgIpc) is 3.35. The molecule has 1 saturated heterocycles. The zero-order valence-electron chi connectivity index (χ0n) is 19.9. The first-order chi connectivity index (χ1) is 17.1. The van der Waals surface area contributed by atoms with E-state index in [1.807, 2.05) is 46.1 Å². The highest BCUT2D eigenvalue weighted by molar-refractivity contribution is 7.98. The molecule has 5 rings (SSSR count). The molecule has 2 aliphatic heterocycles. The van der Waals surface area contributed by atoms with E-state index in [2.05, 4.69) is 34.6 Å². The Hall–Kier alpha value is -3.10. The highest BCUT2D eigenvalue weighted by Gasteiger charge is 2.32. The van der Waals surface area contributed by atoms with Gasteiger partial charge in [0.1, 0.15) is 6.10 Å². The molecule has 2 aliphatic rings. The van der Waals surface area contributed by atoms with Gasteiger partial charge in [-0.2, -0.15) is 0 Å². The number of piperidine rings is 1. The van der Waals surface area contributed by atoms with Crippen LogP contribution in [0, 0.1) is 5.92 Å². The fourth-order valence-corrected chi connectivity index (χ4v) is 5.15. The number of amides is 2. The van der Waals surface area contributed by atoms with Crippen LogP contribution in [0.3, 0.4) is 0 Å². The van der Waals surface area contributed by atoms with Crippen LogP contribution in [0.15, 0.2) is 65.8 Å². The van der Waals surface area contributed by atoms with Crippen molar-refractivity contribution >= 4 is 23.6 Å². The van der Waals surface area contributed by atoms with Crippen LogP contribution >= 0.6 is 11.8 Å². The van der Waals surface area contributed by atoms with Gasteiger partial charge in [0.05, 0.1) is 25.2 Å². The zero-order valence-corrected chi connectivity index (χ0v) is 20.7. The molecule has 0 saturated carbocycles. The van der Waals surface area contributed by atoms with Gasteiger partial charge in [-0.25, -0.2) is 4.98 Å². The molecule has 2 aromatic carbocycles. The number of nitrogens with one attached hydrogen (secondary N) is 1. The molecule has 2 amide bonds. The molecule has 0 spiro atoms. The van der Waals surface area contributed by atoms with Crippen LogP contribution < -0.4 is 5.32 Å². The van der Waals surface area contributed by atoms with Gasteiger partial charge in [0.25, 0.3) is 5.91 Å². The lowest BCUT2D eigenvalue weighted by molar-refractivity contribution is -0.126. The molecule has 0 radical (unpaired) electrons. The van der Waals surface area contributed by atoms with E-state index < -0.39 is 0 Å². The van der Waals surface area contributed by atoms with Crippen molar-refractivity contribution in [1.29, 1.82) is 0 Å². The molecular weight excluding hydrogens is 460 g/mol. The second-order valence-corrected chi connectivity index (χ2v) is 9.91. The summed E-state index contributed by atoms with van der Waals surface area (Å²) >= 11 is 1.70. The van der Waals surface area contributed by atoms with Gasteiger partial charge in [0.15, 0.2) is 5.69 Å². The molecule has 7 nitrogen and oxygen atoms in total. The van der Waals surface area contributed by atoms with Crippen molar-refractivity contribution in [2.24, 2.45) is 5.92 Å². The van der Waals surface area contributed by atoms with E-state index in [1.54, 1.807) is 18.1 Å². The fraction of sp³-hybridized carbons (Fsp3) is 0.370. The molecule has 1 N–H and O–H groups in total. The predicted molar refractivity (Wildman–Crippen MR) is 135 cm³/mol. The van der Waals surface area contributed by atoms with E-state index in [-0.39, 0.29) is 23.8 Å². The Labute approximate surface area is 209 Å². The molecular formula is C27H30N4O3S. The smallest absolute Gasteiger partial charge is 0.274 e. The molecule has 3 aromatic rings. The summed E-state index contributed by atoms with van der Waals surface area (Å²) in [6.45, 7) is 2.63. The molecule has 0 bridgehead atoms. The molecule has 8 heteroatoms. The normalized spacial score (nSPS) is 18.2. The summed E-state index contributed by atoms with van der Waals surface area (Å²) in [4.78, 5) is 33.4. The Balaban J connectivity index is 1.13. The topological polar surface area (TPSA) is 76.5 Å². The zero-order chi connectivity index (χ0) is 24.2. The van der Waals surface area contributed by atoms with Gasteiger partial charge >= 0.3 is 0 Å². The van der Waals surface area contributed by atoms with Gasteiger partial charge in [0.2, 0.25) is 5.91 Å². The first-order valence-electron chi connectivity index (χ1n) is 12.0. The van der Waals surface area contributed by atoms with Crippen LogP contribution in [0.1, 0.15) is 46.3 Å². The lowest BCUT2D eigenvalue weighted by atomic mass is 9.95. The number of ether oxygens (including phenoxy) is 1. The number of thioether (sulfide) groups is 1. The van der Waals surface area contributed by atoms with Gasteiger partial charge in [-0.3, -0.25) is 9.59 Å². The number of rotatable bonds is 6. The van der Waals surface area contributed by atoms with E-state index in [1.165, 1.54) is 4.90 Å². The van der Waals surface area contributed by atoms with Crippen molar-refractivity contribution in [3.8, 4) is 0 Å². The molecule has 3 heterocycles. The minimum Gasteiger partial charge on any atom is -0.365 e. The lowest BCUT2D eigenvalue weighted by Crippen LogP contribution is -2.43. The van der Waals surface area contributed by atoms with Crippen LogP contribution in [0.5, 0.6) is 0 Å². The van der Waals surface area contributed by atoms with Crippen molar-refractivity contribution in [2.45, 2.75) is 43.5 Å². The SMILES string of the molecule is CSc1ccc(CNC(=O)C2CCN(C(=O)c3ncn4c3COC(c3ccccc3)C4)CC2)cc1. The Morgan fingerprint density at radius 3 is 2.54 bits per heavy atom. The highest BCUT2D eigenvalue weighted by Crippen LogP contribution is 2.29. The van der Waals surface area contributed by atoms with Crippen molar-refractivity contribution in [2.75, 3.05) is 19.3 Å². The molecule has 0 aliphatic carbocycles. The number of likely N-dealkylation sites (tertiary alicyclic amines) is 1. The lowest BCUT2D eigenvalue weighted by Gasteiger charge is -2.31. The highest BCUT2D eigenvalue weighted by atomic mass is 32.2. The summed E-state index contributed by atoms with van der Waals surface area (Å²) < 4.78 is 8.09. The third kappa shape index (κ3) is 5.28. The summed E-state index contributed by atoms with van der Waals surface area (Å²) in [5, 5.41) is 3.05. The van der Waals surface area contributed by atoms with Crippen molar-refractivity contribution in [1.82, 2.24) is 19.8 Å². The molecule has 1 fully saturated rings. The number of carbonyl (C=O) groups is 2. The van der Waals surface area contributed by atoms with Gasteiger partial charge in [-0.15, -0.1) is 11.8 Å². The number of aromatic nitrogens is 2. The molecule has 1 unspecified atom stereocenters. The van der Waals surface area contributed by atoms with Crippen LogP contribution in [0.4, 0.5) is 0 Å². The van der Waals surface area contributed by atoms with Crippen LogP contribution in [0.25, 0.3) is 0 Å². The largest absolute Gasteiger partial charge is 0.365 e. The second-order valence-electron chi connectivity index (χ2n) is 9.03. The third-order valence-electron chi connectivity index (χ3n) is 6.88. The van der Waals surface area contributed by atoms with Crippen molar-refractivity contribution < 1.29 is 14.3 Å². The first-order valence-corrected chi connectivity index (χ1v) is 13.3. The van der Waals surface area contributed by atoms with E-state index in [9.17, 15) is 9.59 Å². The Morgan fingerprint density at radius 1 is 1.09 bits per heavy atom. The van der Waals surface area contributed by atoms with Gasteiger partial charge in [0, 0.05) is 30.4 Å². The average molecular weight is 491 g/mol. The molecule has 35 heavy (non-hydrogen) atoms. The summed E-state index contributed by atoms with van der Waals surface area (Å²) in [5.41, 5.74) is 3.50. The number of fused-ring (bicyclic) bond motifs is 1. The third-order valence-corrected chi connectivity index (χ3v) is 7.63. The second kappa shape index (κ2) is 10.7. The Bertz CT molecular complexity index is 1170. The van der Waals surface area contributed by atoms with Crippen molar-refractivity contribution in [3.05, 3.63) is 83.4 Å². The number of nitrogens with zero attached hydrogens (tertiary/aromatic N) is 3. The minimum atomic E-state index is -0.0757. The summed E-state index contributed by atoms with van der Waals surface area (Å²) in [5.74, 6) is -0.0885. The fourth-order valence-electron chi connectivity index (χ4n) is 4.75. The number of imidazole rings is 1. The summed E-state index contributed by atoms with van der Waals surface area (Å²) in [6.07, 6.45) is 5.06. The standard InChI is InChI=1S/C27H30N4O3S/c1-35-22-9-7-19(8-10-22)15-28-26(32)21-11-13-30(14-12-21)27(33)25-23-17-34-24(16-31(23)18-29-25)20-5-3-2-4-6-20/h2-10,18,21,24H,11-17H2,1H3,(H,28,32). The van der Waals surface area contributed by atoms with E-state index in [4.69, 9.17) is 4.74 Å². The molecule has 1 aromatic heterocycles. The summed E-state index contributed by atoms with van der Waals surface area (Å²) in [6, 6.07) is 18.3. The number of carbonyl (C=O) groups excluding carboxylic acids is 2.